The normalized spacial score (nSPS) is 27.7. The third-order valence-electron chi connectivity index (χ3n) is 8.15. The molecule has 0 radical (unpaired) electrons. The average Bonchev–Trinajstić information content (AvgIpc) is 3.35. The van der Waals surface area contributed by atoms with Crippen LogP contribution < -0.4 is 0 Å². The number of nitrogens with zero attached hydrogens (tertiary/aromatic N) is 4. The van der Waals surface area contributed by atoms with Gasteiger partial charge in [-0.1, -0.05) is 26.0 Å². The number of amides is 1. The maximum Gasteiger partial charge on any atom is 0.410 e. The largest absolute Gasteiger partial charge is 0.457 e. The van der Waals surface area contributed by atoms with Crippen LogP contribution >= 0.6 is 0 Å². The lowest BCUT2D eigenvalue weighted by molar-refractivity contribution is -0.151. The Morgan fingerprint density at radius 1 is 1.19 bits per heavy atom. The minimum Gasteiger partial charge on any atom is -0.457 e. The van der Waals surface area contributed by atoms with Crippen molar-refractivity contribution in [1.82, 2.24) is 19.6 Å². The van der Waals surface area contributed by atoms with Crippen LogP contribution in [-0.4, -0.2) is 100 Å². The van der Waals surface area contributed by atoms with E-state index in [-0.39, 0.29) is 37.5 Å². The van der Waals surface area contributed by atoms with Crippen molar-refractivity contribution >= 4 is 29.0 Å². The second-order valence-electron chi connectivity index (χ2n) is 11.6. The van der Waals surface area contributed by atoms with Gasteiger partial charge in [-0.25, -0.2) is 9.18 Å². The molecule has 4 rings (SSSR count). The predicted octanol–water partition coefficient (Wildman–Crippen LogP) is 3.61. The lowest BCUT2D eigenvalue weighted by Crippen LogP contribution is -2.48. The quantitative estimate of drug-likeness (QED) is 0.403. The minimum atomic E-state index is -0.888. The third-order valence-corrected chi connectivity index (χ3v) is 8.15. The summed E-state index contributed by atoms with van der Waals surface area (Å²) >= 11 is 0. The average molecular weight is 587 g/mol. The van der Waals surface area contributed by atoms with E-state index in [2.05, 4.69) is 10.00 Å². The minimum absolute atomic E-state index is 0.0801. The molecule has 230 valence electrons. The number of carbonyl (C=O) groups excluding carboxylic acids is 2. The molecule has 5 atom stereocenters. The smallest absolute Gasteiger partial charge is 0.410 e. The number of fused-ring (bicyclic) bond motifs is 1. The SMILES string of the molecule is C/C(=C\c1cc(F)c2cnn(CCO)c2c1)[C@H]1OC(=O)C[C@H](O)CC[C@H](C)[C@@H](OC(=O)N2CCN(C)CC2)/C=C/[C@@H]1C. The number of cyclic esters (lactones) is 1. The van der Waals surface area contributed by atoms with Crippen LogP contribution in [0.15, 0.2) is 36.1 Å². The van der Waals surface area contributed by atoms with Crippen LogP contribution in [0.3, 0.4) is 0 Å². The monoisotopic (exact) mass is 586 g/mol. The van der Waals surface area contributed by atoms with Crippen molar-refractivity contribution in [2.24, 2.45) is 11.8 Å². The van der Waals surface area contributed by atoms with Crippen LogP contribution in [0, 0.1) is 17.7 Å². The number of carbonyl (C=O) groups is 2. The first kappa shape index (κ1) is 31.7. The molecule has 1 saturated heterocycles. The Kier molecular flexibility index (Phi) is 10.7. The molecule has 11 heteroatoms. The Labute approximate surface area is 246 Å². The van der Waals surface area contributed by atoms with Gasteiger partial charge in [0.1, 0.15) is 18.0 Å². The van der Waals surface area contributed by atoms with Crippen LogP contribution in [-0.2, 0) is 20.8 Å². The van der Waals surface area contributed by atoms with Gasteiger partial charge in [0.15, 0.2) is 0 Å². The molecule has 42 heavy (non-hydrogen) atoms. The highest BCUT2D eigenvalue weighted by Gasteiger charge is 2.29. The highest BCUT2D eigenvalue weighted by Crippen LogP contribution is 2.27. The van der Waals surface area contributed by atoms with E-state index in [4.69, 9.17) is 9.47 Å². The maximum atomic E-state index is 14.9. The second kappa shape index (κ2) is 14.3. The van der Waals surface area contributed by atoms with Gasteiger partial charge in [0.2, 0.25) is 0 Å². The number of hydrogen-bond acceptors (Lipinski definition) is 8. The van der Waals surface area contributed by atoms with E-state index in [0.29, 0.717) is 48.0 Å². The second-order valence-corrected chi connectivity index (χ2v) is 11.6. The molecule has 3 heterocycles. The molecule has 0 spiro atoms. The van der Waals surface area contributed by atoms with Gasteiger partial charge in [-0.3, -0.25) is 9.48 Å². The Balaban J connectivity index is 1.60. The predicted molar refractivity (Wildman–Crippen MR) is 157 cm³/mol. The summed E-state index contributed by atoms with van der Waals surface area (Å²) in [6, 6.07) is 3.18. The Hall–Kier alpha value is -3.28. The first-order chi connectivity index (χ1) is 20.0. The van der Waals surface area contributed by atoms with Crippen molar-refractivity contribution in [3.8, 4) is 0 Å². The molecule has 2 aliphatic heterocycles. The molecule has 2 aliphatic rings. The fourth-order valence-corrected chi connectivity index (χ4v) is 5.49. The highest BCUT2D eigenvalue weighted by atomic mass is 19.1. The summed E-state index contributed by atoms with van der Waals surface area (Å²) < 4.78 is 28.3. The molecular formula is C31H43FN4O6. The number of aliphatic hydroxyl groups excluding tert-OH is 2. The molecule has 0 saturated carbocycles. The zero-order valence-corrected chi connectivity index (χ0v) is 24.9. The number of halogens is 1. The lowest BCUT2D eigenvalue weighted by atomic mass is 9.91. The van der Waals surface area contributed by atoms with Gasteiger partial charge in [0.05, 0.1) is 42.8 Å². The van der Waals surface area contributed by atoms with Crippen LogP contribution in [0.5, 0.6) is 0 Å². The van der Waals surface area contributed by atoms with Crippen LogP contribution in [0.25, 0.3) is 17.0 Å². The number of piperazine rings is 1. The van der Waals surface area contributed by atoms with Crippen molar-refractivity contribution in [2.45, 2.75) is 64.9 Å². The van der Waals surface area contributed by atoms with Crippen molar-refractivity contribution in [2.75, 3.05) is 39.8 Å². The number of esters is 1. The van der Waals surface area contributed by atoms with E-state index in [9.17, 15) is 24.2 Å². The zero-order chi connectivity index (χ0) is 30.4. The molecule has 0 aliphatic carbocycles. The molecular weight excluding hydrogens is 543 g/mol. The van der Waals surface area contributed by atoms with E-state index >= 15 is 0 Å². The lowest BCUT2D eigenvalue weighted by Gasteiger charge is -2.33. The molecule has 1 amide bonds. The van der Waals surface area contributed by atoms with Gasteiger partial charge in [-0.05, 0) is 62.1 Å². The van der Waals surface area contributed by atoms with E-state index in [1.165, 1.54) is 12.3 Å². The topological polar surface area (TPSA) is 117 Å². The van der Waals surface area contributed by atoms with Gasteiger partial charge in [0.25, 0.3) is 0 Å². The highest BCUT2D eigenvalue weighted by molar-refractivity contribution is 5.82. The number of hydrogen-bond donors (Lipinski definition) is 2. The number of aromatic nitrogens is 2. The molecule has 0 bridgehead atoms. The van der Waals surface area contributed by atoms with Crippen LogP contribution in [0.4, 0.5) is 9.18 Å². The summed E-state index contributed by atoms with van der Waals surface area (Å²) in [7, 11) is 2.02. The fraction of sp³-hybridized carbons (Fsp3) is 0.581. The summed E-state index contributed by atoms with van der Waals surface area (Å²) in [5.41, 5.74) is 1.79. The molecule has 1 fully saturated rings. The Morgan fingerprint density at radius 2 is 1.93 bits per heavy atom. The van der Waals surface area contributed by atoms with Crippen molar-refractivity contribution in [3.05, 3.63) is 47.4 Å². The van der Waals surface area contributed by atoms with Gasteiger partial charge in [-0.15, -0.1) is 0 Å². The number of ether oxygens (including phenoxy) is 2. The maximum absolute atomic E-state index is 14.9. The van der Waals surface area contributed by atoms with Crippen molar-refractivity contribution < 1.29 is 33.7 Å². The number of likely N-dealkylation sites (N-methyl/N-ethyl adjacent to an activating group) is 1. The third kappa shape index (κ3) is 7.96. The molecule has 10 nitrogen and oxygen atoms in total. The van der Waals surface area contributed by atoms with Crippen LogP contribution in [0.1, 0.15) is 45.6 Å². The first-order valence-electron chi connectivity index (χ1n) is 14.7. The number of aliphatic hydroxyl groups is 2. The van der Waals surface area contributed by atoms with Crippen molar-refractivity contribution in [1.29, 1.82) is 0 Å². The van der Waals surface area contributed by atoms with Gasteiger partial charge >= 0.3 is 12.1 Å². The molecule has 0 unspecified atom stereocenters. The van der Waals surface area contributed by atoms with Gasteiger partial charge in [-0.2, -0.15) is 5.10 Å². The Bertz CT molecular complexity index is 1300. The van der Waals surface area contributed by atoms with E-state index < -0.39 is 30.1 Å². The number of benzene rings is 1. The van der Waals surface area contributed by atoms with Crippen LogP contribution in [0.2, 0.25) is 0 Å². The Morgan fingerprint density at radius 3 is 2.64 bits per heavy atom. The summed E-state index contributed by atoms with van der Waals surface area (Å²) in [5, 5.41) is 24.4. The van der Waals surface area contributed by atoms with Gasteiger partial charge < -0.3 is 29.5 Å². The van der Waals surface area contributed by atoms with E-state index in [1.54, 1.807) is 21.7 Å². The summed E-state index contributed by atoms with van der Waals surface area (Å²) in [5.74, 6) is -1.35. The standard InChI is InChI=1S/C31H43FN4O6/c1-20-5-7-24(38)18-29(39)42-30(21(2)6-8-28(20)41-31(40)35-11-9-34(4)10-12-35)22(3)15-23-16-26(32)25-19-33-36(13-14-37)27(25)17-23/h6,8,15-17,19-21,24,28,30,37-38H,5,7,9-14,18H2,1-4H3/b8-6+,22-15+/t20-,21-,24+,28-,30-/m0/s1. The summed E-state index contributed by atoms with van der Waals surface area (Å²) in [6.07, 6.45) is 5.25. The summed E-state index contributed by atoms with van der Waals surface area (Å²) in [6.45, 7) is 8.57. The van der Waals surface area contributed by atoms with Gasteiger partial charge in [0, 0.05) is 32.1 Å². The summed E-state index contributed by atoms with van der Waals surface area (Å²) in [4.78, 5) is 29.7. The molecule has 1 aromatic carbocycles. The van der Waals surface area contributed by atoms with E-state index in [1.807, 2.05) is 40.0 Å². The fourth-order valence-electron chi connectivity index (χ4n) is 5.49. The zero-order valence-electron chi connectivity index (χ0n) is 24.9. The van der Waals surface area contributed by atoms with E-state index in [0.717, 1.165) is 13.1 Å². The molecule has 1 aromatic heterocycles. The first-order valence-corrected chi connectivity index (χ1v) is 14.7. The number of rotatable bonds is 5. The molecule has 2 N–H and O–H groups in total. The molecule has 2 aromatic rings. The van der Waals surface area contributed by atoms with Crippen molar-refractivity contribution in [3.63, 3.8) is 0 Å².